The van der Waals surface area contributed by atoms with Crippen molar-refractivity contribution in [2.24, 2.45) is 0 Å². The number of fused-ring (bicyclic) bond motifs is 1. The molecule has 1 aliphatic heterocycles. The second-order valence-corrected chi connectivity index (χ2v) is 7.04. The Morgan fingerprint density at radius 3 is 2.44 bits per heavy atom. The first-order valence-corrected chi connectivity index (χ1v) is 9.01. The van der Waals surface area contributed by atoms with E-state index in [0.717, 1.165) is 10.0 Å². The van der Waals surface area contributed by atoms with Gasteiger partial charge in [0.25, 0.3) is 0 Å². The quantitative estimate of drug-likeness (QED) is 0.744. The molecule has 2 aromatic rings. The van der Waals surface area contributed by atoms with Gasteiger partial charge in [0.1, 0.15) is 13.2 Å². The van der Waals surface area contributed by atoms with Crippen molar-refractivity contribution in [3.05, 3.63) is 51.5 Å². The Morgan fingerprint density at radius 1 is 1.20 bits per heavy atom. The third-order valence-corrected chi connectivity index (χ3v) is 5.04. The number of benzene rings is 2. The lowest BCUT2D eigenvalue weighted by Crippen LogP contribution is -2.33. The van der Waals surface area contributed by atoms with Crippen molar-refractivity contribution in [1.29, 1.82) is 0 Å². The van der Waals surface area contributed by atoms with Gasteiger partial charge in [0.15, 0.2) is 11.5 Å². The molecule has 0 radical (unpaired) electrons. The molecule has 5 nitrogen and oxygen atoms in total. The largest absolute Gasteiger partial charge is 0.486 e. The van der Waals surface area contributed by atoms with Crippen LogP contribution in [0.15, 0.2) is 40.9 Å². The fraction of sp³-hybridized carbons (Fsp3) is 0.278. The zero-order chi connectivity index (χ0) is 18.0. The highest BCUT2D eigenvalue weighted by atomic mass is 79.9. The molecule has 0 unspecified atom stereocenters. The van der Waals surface area contributed by atoms with Gasteiger partial charge in [-0.15, -0.1) is 0 Å². The Hall–Kier alpha value is -1.92. The van der Waals surface area contributed by atoms with E-state index in [0.29, 0.717) is 35.4 Å². The van der Waals surface area contributed by atoms with Crippen molar-refractivity contribution < 1.29 is 14.3 Å². The number of ether oxygens (including phenoxy) is 2. The maximum atomic E-state index is 12.6. The van der Waals surface area contributed by atoms with Crippen molar-refractivity contribution in [2.75, 3.05) is 25.6 Å². The van der Waals surface area contributed by atoms with Gasteiger partial charge in [-0.2, -0.15) is 0 Å². The molecule has 0 spiro atoms. The molecule has 3 rings (SSSR count). The highest BCUT2D eigenvalue weighted by molar-refractivity contribution is 9.10. The highest BCUT2D eigenvalue weighted by Gasteiger charge is 2.20. The molecular weight excluding hydrogens is 408 g/mol. The molecule has 0 bridgehead atoms. The number of hydrogen-bond donors (Lipinski definition) is 1. The molecule has 0 saturated carbocycles. The number of carbonyl (C=O) groups is 1. The predicted octanol–water partition coefficient (Wildman–Crippen LogP) is 5.10. The molecule has 1 N–H and O–H groups in total. The Bertz CT molecular complexity index is 783. The summed E-state index contributed by atoms with van der Waals surface area (Å²) in [6, 6.07) is 10.7. The Balaban J connectivity index is 1.74. The number of nitrogens with one attached hydrogen (secondary N) is 1. The Kier molecular flexibility index (Phi) is 5.39. The summed E-state index contributed by atoms with van der Waals surface area (Å²) in [6.45, 7) is 2.98. The number of nitrogens with zero attached hydrogens (tertiary/aromatic N) is 1. The number of carbonyl (C=O) groups excluding carboxylic acids is 1. The van der Waals surface area contributed by atoms with Gasteiger partial charge in [0, 0.05) is 28.7 Å². The van der Waals surface area contributed by atoms with Crippen molar-refractivity contribution in [3.63, 3.8) is 0 Å². The van der Waals surface area contributed by atoms with E-state index in [1.54, 1.807) is 24.1 Å². The lowest BCUT2D eigenvalue weighted by atomic mass is 10.1. The monoisotopic (exact) mass is 424 g/mol. The van der Waals surface area contributed by atoms with Crippen LogP contribution in [0, 0.1) is 0 Å². The van der Waals surface area contributed by atoms with Gasteiger partial charge >= 0.3 is 6.03 Å². The number of amides is 2. The van der Waals surface area contributed by atoms with Crippen LogP contribution in [0.5, 0.6) is 11.5 Å². The summed E-state index contributed by atoms with van der Waals surface area (Å²) in [6.07, 6.45) is 0. The smallest absolute Gasteiger partial charge is 0.322 e. The van der Waals surface area contributed by atoms with Gasteiger partial charge in [-0.3, -0.25) is 0 Å². The molecule has 132 valence electrons. The molecule has 0 aromatic heterocycles. The van der Waals surface area contributed by atoms with Gasteiger partial charge in [0.2, 0.25) is 0 Å². The molecular formula is C18H18BrClN2O3. The van der Waals surface area contributed by atoms with E-state index in [1.807, 2.05) is 31.2 Å². The van der Waals surface area contributed by atoms with E-state index >= 15 is 0 Å². The summed E-state index contributed by atoms with van der Waals surface area (Å²) < 4.78 is 11.8. The van der Waals surface area contributed by atoms with Crippen LogP contribution >= 0.6 is 27.5 Å². The van der Waals surface area contributed by atoms with E-state index in [2.05, 4.69) is 21.2 Å². The third-order valence-electron chi connectivity index (χ3n) is 4.13. The molecule has 0 aliphatic carbocycles. The van der Waals surface area contributed by atoms with Crippen molar-refractivity contribution in [3.8, 4) is 11.5 Å². The average molecular weight is 426 g/mol. The number of urea groups is 1. The van der Waals surface area contributed by atoms with Gasteiger partial charge in [-0.1, -0.05) is 23.7 Å². The van der Waals surface area contributed by atoms with E-state index in [1.165, 1.54) is 0 Å². The topological polar surface area (TPSA) is 50.8 Å². The second kappa shape index (κ2) is 7.54. The van der Waals surface area contributed by atoms with Crippen molar-refractivity contribution >= 4 is 39.2 Å². The average Bonchev–Trinajstić information content (AvgIpc) is 2.61. The van der Waals surface area contributed by atoms with E-state index in [4.69, 9.17) is 21.1 Å². The fourth-order valence-corrected chi connectivity index (χ4v) is 3.05. The fourth-order valence-electron chi connectivity index (χ4n) is 2.50. The molecule has 0 saturated heterocycles. The SMILES string of the molecule is C[C@H](c1ccc(Cl)cc1)N(C)C(=O)Nc1cc2c(cc1Br)OCCO2. The van der Waals surface area contributed by atoms with Crippen LogP contribution in [0.4, 0.5) is 10.5 Å². The first-order valence-electron chi connectivity index (χ1n) is 7.84. The first kappa shape index (κ1) is 17.9. The van der Waals surface area contributed by atoms with Crippen molar-refractivity contribution in [1.82, 2.24) is 4.90 Å². The molecule has 1 heterocycles. The van der Waals surface area contributed by atoms with Crippen LogP contribution in [-0.4, -0.2) is 31.2 Å². The standard InChI is InChI=1S/C18H18BrClN2O3/c1-11(12-3-5-13(20)6-4-12)22(2)18(23)21-15-10-17-16(9-14(15)19)24-7-8-25-17/h3-6,9-11H,7-8H2,1-2H3,(H,21,23)/t11-/m1/s1. The minimum absolute atomic E-state index is 0.103. The molecule has 0 fully saturated rings. The molecule has 2 aromatic carbocycles. The third kappa shape index (κ3) is 4.02. The molecule has 25 heavy (non-hydrogen) atoms. The van der Waals surface area contributed by atoms with Gasteiger partial charge < -0.3 is 19.7 Å². The van der Waals surface area contributed by atoms with Crippen molar-refractivity contribution in [2.45, 2.75) is 13.0 Å². The van der Waals surface area contributed by atoms with E-state index in [9.17, 15) is 4.79 Å². The minimum Gasteiger partial charge on any atom is -0.486 e. The van der Waals surface area contributed by atoms with E-state index in [-0.39, 0.29) is 12.1 Å². The normalized spacial score (nSPS) is 13.9. The van der Waals surface area contributed by atoms with Crippen LogP contribution in [0.1, 0.15) is 18.5 Å². The van der Waals surface area contributed by atoms with Gasteiger partial charge in [-0.05, 0) is 40.5 Å². The number of anilines is 1. The number of hydrogen-bond acceptors (Lipinski definition) is 3. The second-order valence-electron chi connectivity index (χ2n) is 5.74. The summed E-state index contributed by atoms with van der Waals surface area (Å²) in [5.74, 6) is 1.29. The van der Waals surface area contributed by atoms with Crippen LogP contribution < -0.4 is 14.8 Å². The Morgan fingerprint density at radius 2 is 1.80 bits per heavy atom. The van der Waals surface area contributed by atoms with Crippen LogP contribution in [0.3, 0.4) is 0 Å². The number of rotatable bonds is 3. The van der Waals surface area contributed by atoms with Crippen LogP contribution in [0.25, 0.3) is 0 Å². The molecule has 7 heteroatoms. The maximum Gasteiger partial charge on any atom is 0.322 e. The van der Waals surface area contributed by atoms with Gasteiger partial charge in [-0.25, -0.2) is 4.79 Å². The van der Waals surface area contributed by atoms with E-state index < -0.39 is 0 Å². The minimum atomic E-state index is -0.222. The summed E-state index contributed by atoms with van der Waals surface area (Å²) >= 11 is 9.38. The van der Waals surface area contributed by atoms with Gasteiger partial charge in [0.05, 0.1) is 11.7 Å². The highest BCUT2D eigenvalue weighted by Crippen LogP contribution is 2.38. The molecule has 2 amide bonds. The summed E-state index contributed by atoms with van der Waals surface area (Å²) in [5, 5.41) is 3.57. The van der Waals surface area contributed by atoms with Crippen LogP contribution in [0.2, 0.25) is 5.02 Å². The molecule has 1 aliphatic rings. The Labute approximate surface area is 160 Å². The summed E-state index contributed by atoms with van der Waals surface area (Å²) in [5.41, 5.74) is 1.63. The number of halogens is 2. The zero-order valence-corrected chi connectivity index (χ0v) is 16.2. The lowest BCUT2D eigenvalue weighted by Gasteiger charge is -2.26. The first-order chi connectivity index (χ1) is 12.0. The zero-order valence-electron chi connectivity index (χ0n) is 13.9. The predicted molar refractivity (Wildman–Crippen MR) is 102 cm³/mol. The lowest BCUT2D eigenvalue weighted by molar-refractivity contribution is 0.171. The summed E-state index contributed by atoms with van der Waals surface area (Å²) in [7, 11) is 1.75. The van der Waals surface area contributed by atoms with Crippen LogP contribution in [-0.2, 0) is 0 Å². The molecule has 1 atom stereocenters. The summed E-state index contributed by atoms with van der Waals surface area (Å²) in [4.78, 5) is 14.2. The maximum absolute atomic E-state index is 12.6.